The molecule has 0 spiro atoms. The zero-order chi connectivity index (χ0) is 13.4. The SMILES string of the molecule is CCCCSC[C@@](C)(O)C(=O)Nc1ccccc1. The molecule has 1 atom stereocenters. The number of unbranched alkanes of at least 4 members (excludes halogenated alkanes) is 1. The first-order chi connectivity index (χ1) is 8.56. The summed E-state index contributed by atoms with van der Waals surface area (Å²) in [6, 6.07) is 9.19. The Morgan fingerprint density at radius 1 is 1.39 bits per heavy atom. The largest absolute Gasteiger partial charge is 0.379 e. The first-order valence-electron chi connectivity index (χ1n) is 6.23. The molecule has 0 radical (unpaired) electrons. The molecule has 0 aromatic heterocycles. The van der Waals surface area contributed by atoms with E-state index in [-0.39, 0.29) is 5.91 Å². The maximum atomic E-state index is 11.9. The quantitative estimate of drug-likeness (QED) is 0.747. The molecule has 0 fully saturated rings. The van der Waals surface area contributed by atoms with Gasteiger partial charge in [-0.15, -0.1) is 0 Å². The van der Waals surface area contributed by atoms with Crippen LogP contribution in [0.4, 0.5) is 5.69 Å². The molecule has 100 valence electrons. The van der Waals surface area contributed by atoms with Crippen molar-refractivity contribution in [1.29, 1.82) is 0 Å². The number of nitrogens with one attached hydrogen (secondary N) is 1. The summed E-state index contributed by atoms with van der Waals surface area (Å²) in [5.74, 6) is 1.05. The van der Waals surface area contributed by atoms with Crippen LogP contribution in [-0.2, 0) is 4.79 Å². The predicted octanol–water partition coefficient (Wildman–Crippen LogP) is 2.91. The Morgan fingerprint density at radius 2 is 2.06 bits per heavy atom. The summed E-state index contributed by atoms with van der Waals surface area (Å²) in [4.78, 5) is 11.9. The van der Waals surface area contributed by atoms with Gasteiger partial charge in [0.25, 0.3) is 5.91 Å². The van der Waals surface area contributed by atoms with E-state index < -0.39 is 5.60 Å². The van der Waals surface area contributed by atoms with E-state index in [9.17, 15) is 9.90 Å². The molecule has 1 aromatic carbocycles. The minimum atomic E-state index is -1.33. The normalized spacial score (nSPS) is 13.9. The van der Waals surface area contributed by atoms with Crippen LogP contribution in [0.3, 0.4) is 0 Å². The third-order valence-corrected chi connectivity index (χ3v) is 3.89. The standard InChI is InChI=1S/C14H21NO2S/c1-3-4-10-18-11-14(2,17)13(16)15-12-8-6-5-7-9-12/h5-9,17H,3-4,10-11H2,1-2H3,(H,15,16)/t14-/m1/s1. The van der Waals surface area contributed by atoms with Crippen LogP contribution < -0.4 is 5.32 Å². The molecule has 3 nitrogen and oxygen atoms in total. The smallest absolute Gasteiger partial charge is 0.256 e. The van der Waals surface area contributed by atoms with Crippen molar-refractivity contribution in [3.05, 3.63) is 30.3 Å². The van der Waals surface area contributed by atoms with Gasteiger partial charge in [0, 0.05) is 11.4 Å². The van der Waals surface area contributed by atoms with Gasteiger partial charge in [0.05, 0.1) is 0 Å². The summed E-state index contributed by atoms with van der Waals surface area (Å²) in [7, 11) is 0. The van der Waals surface area contributed by atoms with Crippen LogP contribution in [0.15, 0.2) is 30.3 Å². The van der Waals surface area contributed by atoms with Crippen molar-refractivity contribution in [2.24, 2.45) is 0 Å². The Hall–Kier alpha value is -1.00. The molecule has 0 unspecified atom stereocenters. The second-order valence-electron chi connectivity index (χ2n) is 4.50. The zero-order valence-electron chi connectivity index (χ0n) is 11.0. The van der Waals surface area contributed by atoms with Gasteiger partial charge >= 0.3 is 0 Å². The van der Waals surface area contributed by atoms with E-state index in [0.29, 0.717) is 11.4 Å². The monoisotopic (exact) mass is 267 g/mol. The van der Waals surface area contributed by atoms with E-state index in [4.69, 9.17) is 0 Å². The molecule has 1 rings (SSSR count). The first kappa shape index (κ1) is 15.1. The van der Waals surface area contributed by atoms with Crippen molar-refractivity contribution in [3.8, 4) is 0 Å². The molecule has 0 aliphatic carbocycles. The highest BCUT2D eigenvalue weighted by Gasteiger charge is 2.29. The molecule has 0 saturated carbocycles. The number of thioether (sulfide) groups is 1. The van der Waals surface area contributed by atoms with Crippen LogP contribution in [-0.4, -0.2) is 28.1 Å². The topological polar surface area (TPSA) is 49.3 Å². The van der Waals surface area contributed by atoms with Crippen molar-refractivity contribution in [2.45, 2.75) is 32.3 Å². The molecule has 4 heteroatoms. The molecule has 0 bridgehead atoms. The summed E-state index contributed by atoms with van der Waals surface area (Å²) >= 11 is 1.61. The second-order valence-corrected chi connectivity index (χ2v) is 5.61. The fourth-order valence-corrected chi connectivity index (χ4v) is 2.54. The number of rotatable bonds is 7. The van der Waals surface area contributed by atoms with Crippen LogP contribution in [0.1, 0.15) is 26.7 Å². The molecule has 1 aromatic rings. The Balaban J connectivity index is 2.44. The summed E-state index contributed by atoms with van der Waals surface area (Å²) in [5.41, 5.74) is -0.616. The van der Waals surface area contributed by atoms with E-state index in [1.54, 1.807) is 30.8 Å². The third-order valence-electron chi connectivity index (χ3n) is 2.55. The van der Waals surface area contributed by atoms with Crippen LogP contribution in [0.5, 0.6) is 0 Å². The lowest BCUT2D eigenvalue weighted by atomic mass is 10.1. The summed E-state index contributed by atoms with van der Waals surface area (Å²) in [6.45, 7) is 3.69. The maximum absolute atomic E-state index is 11.9. The molecule has 18 heavy (non-hydrogen) atoms. The number of hydrogen-bond donors (Lipinski definition) is 2. The Kier molecular flexibility index (Phi) is 6.22. The van der Waals surface area contributed by atoms with Crippen LogP contribution in [0.25, 0.3) is 0 Å². The molecule has 0 aliphatic rings. The predicted molar refractivity (Wildman–Crippen MR) is 77.9 cm³/mol. The minimum Gasteiger partial charge on any atom is -0.379 e. The number of anilines is 1. The van der Waals surface area contributed by atoms with E-state index >= 15 is 0 Å². The number of benzene rings is 1. The van der Waals surface area contributed by atoms with Crippen molar-refractivity contribution < 1.29 is 9.90 Å². The summed E-state index contributed by atoms with van der Waals surface area (Å²) in [6.07, 6.45) is 2.24. The Bertz CT molecular complexity index is 365. The van der Waals surface area contributed by atoms with Gasteiger partial charge in [-0.2, -0.15) is 11.8 Å². The number of amides is 1. The van der Waals surface area contributed by atoms with Crippen molar-refractivity contribution in [1.82, 2.24) is 0 Å². The highest BCUT2D eigenvalue weighted by atomic mass is 32.2. The Labute approximate surface area is 113 Å². The molecular weight excluding hydrogens is 246 g/mol. The second kappa shape index (κ2) is 7.44. The van der Waals surface area contributed by atoms with Gasteiger partial charge in [0.1, 0.15) is 5.60 Å². The Morgan fingerprint density at radius 3 is 2.67 bits per heavy atom. The summed E-state index contributed by atoms with van der Waals surface area (Å²) in [5, 5.41) is 12.8. The van der Waals surface area contributed by atoms with Crippen molar-refractivity contribution >= 4 is 23.4 Å². The van der Waals surface area contributed by atoms with E-state index in [1.807, 2.05) is 18.2 Å². The molecule has 0 saturated heterocycles. The lowest BCUT2D eigenvalue weighted by Crippen LogP contribution is -2.42. The van der Waals surface area contributed by atoms with E-state index in [1.165, 1.54) is 0 Å². The molecule has 0 aliphatic heterocycles. The van der Waals surface area contributed by atoms with E-state index in [2.05, 4.69) is 12.2 Å². The lowest BCUT2D eigenvalue weighted by molar-refractivity contribution is -0.130. The average Bonchev–Trinajstić information content (AvgIpc) is 2.36. The fourth-order valence-electron chi connectivity index (χ4n) is 1.37. The van der Waals surface area contributed by atoms with Gasteiger partial charge in [-0.3, -0.25) is 4.79 Å². The molecular formula is C14H21NO2S. The van der Waals surface area contributed by atoms with Gasteiger partial charge < -0.3 is 10.4 Å². The lowest BCUT2D eigenvalue weighted by Gasteiger charge is -2.21. The third kappa shape index (κ3) is 5.10. The van der Waals surface area contributed by atoms with Gasteiger partial charge in [-0.25, -0.2) is 0 Å². The minimum absolute atomic E-state index is 0.349. The van der Waals surface area contributed by atoms with E-state index in [0.717, 1.165) is 18.6 Å². The van der Waals surface area contributed by atoms with Crippen LogP contribution >= 0.6 is 11.8 Å². The number of para-hydroxylation sites is 1. The summed E-state index contributed by atoms with van der Waals surface area (Å²) < 4.78 is 0. The average molecular weight is 267 g/mol. The molecule has 2 N–H and O–H groups in total. The number of aliphatic hydroxyl groups is 1. The highest BCUT2D eigenvalue weighted by Crippen LogP contribution is 2.17. The van der Waals surface area contributed by atoms with Gasteiger partial charge in [-0.05, 0) is 31.2 Å². The van der Waals surface area contributed by atoms with Gasteiger partial charge in [0.2, 0.25) is 0 Å². The van der Waals surface area contributed by atoms with Crippen LogP contribution in [0, 0.1) is 0 Å². The van der Waals surface area contributed by atoms with Gasteiger partial charge in [-0.1, -0.05) is 31.5 Å². The maximum Gasteiger partial charge on any atom is 0.256 e. The zero-order valence-corrected chi connectivity index (χ0v) is 11.8. The number of carbonyl (C=O) groups excluding carboxylic acids is 1. The molecule has 1 amide bonds. The van der Waals surface area contributed by atoms with Crippen molar-refractivity contribution in [2.75, 3.05) is 16.8 Å². The fraction of sp³-hybridized carbons (Fsp3) is 0.500. The van der Waals surface area contributed by atoms with Gasteiger partial charge in [0.15, 0.2) is 0 Å². The number of carbonyl (C=O) groups is 1. The molecule has 0 heterocycles. The first-order valence-corrected chi connectivity index (χ1v) is 7.38. The number of hydrogen-bond acceptors (Lipinski definition) is 3. The van der Waals surface area contributed by atoms with Crippen LogP contribution in [0.2, 0.25) is 0 Å². The highest BCUT2D eigenvalue weighted by molar-refractivity contribution is 7.99. The van der Waals surface area contributed by atoms with Crippen molar-refractivity contribution in [3.63, 3.8) is 0 Å².